The van der Waals surface area contributed by atoms with Gasteiger partial charge in [-0.25, -0.2) is 4.68 Å². The van der Waals surface area contributed by atoms with Crippen LogP contribution in [0.3, 0.4) is 0 Å². The summed E-state index contributed by atoms with van der Waals surface area (Å²) in [5, 5.41) is 7.55. The Morgan fingerprint density at radius 2 is 2.33 bits per heavy atom. The largest absolute Gasteiger partial charge is 0.292 e. The van der Waals surface area contributed by atoms with Crippen molar-refractivity contribution in [2.75, 3.05) is 0 Å². The summed E-state index contributed by atoms with van der Waals surface area (Å²) in [6.07, 6.45) is 6.04. The molecule has 0 spiro atoms. The third kappa shape index (κ3) is 2.08. The Morgan fingerprint density at radius 3 is 2.93 bits per heavy atom. The minimum atomic E-state index is 0.186. The summed E-state index contributed by atoms with van der Waals surface area (Å²) in [5.41, 5.74) is 0.647. The smallest absolute Gasteiger partial charge is 0.185 e. The van der Waals surface area contributed by atoms with Crippen LogP contribution in [-0.4, -0.2) is 20.8 Å². The molecule has 1 aromatic rings. The molecular formula is C11H17N3O. The Hall–Kier alpha value is -1.19. The van der Waals surface area contributed by atoms with Crippen molar-refractivity contribution >= 4 is 5.78 Å². The second-order valence-corrected chi connectivity index (χ2v) is 4.58. The highest BCUT2D eigenvalue weighted by Crippen LogP contribution is 2.30. The van der Waals surface area contributed by atoms with Crippen molar-refractivity contribution in [1.29, 1.82) is 0 Å². The Kier molecular flexibility index (Phi) is 2.84. The van der Waals surface area contributed by atoms with Crippen LogP contribution in [0.25, 0.3) is 0 Å². The van der Waals surface area contributed by atoms with Crippen molar-refractivity contribution in [1.82, 2.24) is 15.0 Å². The van der Waals surface area contributed by atoms with Crippen molar-refractivity contribution in [2.24, 2.45) is 18.9 Å². The van der Waals surface area contributed by atoms with Gasteiger partial charge in [0, 0.05) is 13.0 Å². The molecule has 82 valence electrons. The lowest BCUT2D eigenvalue weighted by atomic mass is 9.79. The number of hydrogen-bond donors (Lipinski definition) is 0. The van der Waals surface area contributed by atoms with E-state index < -0.39 is 0 Å². The van der Waals surface area contributed by atoms with Gasteiger partial charge in [-0.1, -0.05) is 25.0 Å². The SMILES string of the molecule is CC1CCCC(C(=O)c2cnnn2C)C1. The van der Waals surface area contributed by atoms with Gasteiger partial charge in [0.2, 0.25) is 0 Å². The number of carbonyl (C=O) groups is 1. The second-order valence-electron chi connectivity index (χ2n) is 4.58. The van der Waals surface area contributed by atoms with Crippen molar-refractivity contribution in [3.8, 4) is 0 Å². The van der Waals surface area contributed by atoms with Crippen LogP contribution in [0.5, 0.6) is 0 Å². The van der Waals surface area contributed by atoms with Crippen LogP contribution < -0.4 is 0 Å². The molecule has 1 aliphatic rings. The monoisotopic (exact) mass is 207 g/mol. The van der Waals surface area contributed by atoms with E-state index in [2.05, 4.69) is 17.2 Å². The Bertz CT molecular complexity index is 358. The van der Waals surface area contributed by atoms with E-state index >= 15 is 0 Å². The zero-order valence-corrected chi connectivity index (χ0v) is 9.31. The fourth-order valence-electron chi connectivity index (χ4n) is 2.39. The van der Waals surface area contributed by atoms with Gasteiger partial charge in [-0.15, -0.1) is 5.10 Å². The minimum absolute atomic E-state index is 0.186. The molecule has 2 unspecified atom stereocenters. The van der Waals surface area contributed by atoms with Crippen molar-refractivity contribution in [3.05, 3.63) is 11.9 Å². The van der Waals surface area contributed by atoms with E-state index in [0.717, 1.165) is 12.8 Å². The van der Waals surface area contributed by atoms with Gasteiger partial charge in [-0.05, 0) is 18.8 Å². The summed E-state index contributed by atoms with van der Waals surface area (Å²) in [6, 6.07) is 0. The predicted octanol–water partition coefficient (Wildman–Crippen LogP) is 1.82. The van der Waals surface area contributed by atoms with Crippen LogP contribution in [0.1, 0.15) is 43.1 Å². The van der Waals surface area contributed by atoms with E-state index in [1.165, 1.54) is 12.8 Å². The summed E-state index contributed by atoms with van der Waals surface area (Å²) >= 11 is 0. The van der Waals surface area contributed by atoms with Crippen molar-refractivity contribution in [3.63, 3.8) is 0 Å². The number of carbonyl (C=O) groups excluding carboxylic acids is 1. The maximum Gasteiger partial charge on any atom is 0.185 e. The number of aryl methyl sites for hydroxylation is 1. The van der Waals surface area contributed by atoms with E-state index in [4.69, 9.17) is 0 Å². The van der Waals surface area contributed by atoms with Crippen LogP contribution in [0, 0.1) is 11.8 Å². The van der Waals surface area contributed by atoms with E-state index in [1.54, 1.807) is 17.9 Å². The molecule has 0 N–H and O–H groups in total. The lowest BCUT2D eigenvalue weighted by molar-refractivity contribution is 0.0858. The summed E-state index contributed by atoms with van der Waals surface area (Å²) in [6.45, 7) is 2.22. The van der Waals surface area contributed by atoms with E-state index in [0.29, 0.717) is 11.6 Å². The Balaban J connectivity index is 2.11. The van der Waals surface area contributed by atoms with Crippen LogP contribution in [0.2, 0.25) is 0 Å². The number of nitrogens with zero attached hydrogens (tertiary/aromatic N) is 3. The molecule has 0 bridgehead atoms. The molecule has 2 atom stereocenters. The molecule has 0 amide bonds. The minimum Gasteiger partial charge on any atom is -0.292 e. The van der Waals surface area contributed by atoms with Crippen LogP contribution >= 0.6 is 0 Å². The number of ketones is 1. The molecule has 0 aromatic carbocycles. The van der Waals surface area contributed by atoms with Crippen LogP contribution in [0.4, 0.5) is 0 Å². The summed E-state index contributed by atoms with van der Waals surface area (Å²) in [5.74, 6) is 1.08. The fourth-order valence-corrected chi connectivity index (χ4v) is 2.39. The van der Waals surface area contributed by atoms with Gasteiger partial charge in [-0.3, -0.25) is 4.79 Å². The van der Waals surface area contributed by atoms with Gasteiger partial charge in [0.15, 0.2) is 5.78 Å². The Labute approximate surface area is 89.7 Å². The van der Waals surface area contributed by atoms with E-state index in [1.807, 2.05) is 0 Å². The predicted molar refractivity (Wildman–Crippen MR) is 56.5 cm³/mol. The highest BCUT2D eigenvalue weighted by molar-refractivity contribution is 5.96. The van der Waals surface area contributed by atoms with Crippen molar-refractivity contribution < 1.29 is 4.79 Å². The standard InChI is InChI=1S/C11H17N3O/c1-8-4-3-5-9(6-8)11(15)10-7-12-13-14(10)2/h7-9H,3-6H2,1-2H3. The van der Waals surface area contributed by atoms with E-state index in [-0.39, 0.29) is 11.7 Å². The maximum absolute atomic E-state index is 12.1. The lowest BCUT2D eigenvalue weighted by Gasteiger charge is -2.25. The number of rotatable bonds is 2. The Morgan fingerprint density at radius 1 is 1.53 bits per heavy atom. The molecule has 2 rings (SSSR count). The quantitative estimate of drug-likeness (QED) is 0.695. The lowest BCUT2D eigenvalue weighted by Crippen LogP contribution is -2.23. The second kappa shape index (κ2) is 4.13. The highest BCUT2D eigenvalue weighted by atomic mass is 16.1. The van der Waals surface area contributed by atoms with Crippen LogP contribution in [-0.2, 0) is 7.05 Å². The molecule has 4 heteroatoms. The van der Waals surface area contributed by atoms with Gasteiger partial charge in [0.05, 0.1) is 6.20 Å². The average Bonchev–Trinajstić information content (AvgIpc) is 2.63. The number of Topliss-reactive ketones (excluding diaryl/α,β-unsaturated/α-hetero) is 1. The molecule has 1 saturated carbocycles. The first-order chi connectivity index (χ1) is 7.18. The summed E-state index contributed by atoms with van der Waals surface area (Å²) in [7, 11) is 1.77. The highest BCUT2D eigenvalue weighted by Gasteiger charge is 2.27. The molecule has 1 fully saturated rings. The van der Waals surface area contributed by atoms with Gasteiger partial charge >= 0.3 is 0 Å². The molecule has 1 aliphatic carbocycles. The first-order valence-corrected chi connectivity index (χ1v) is 5.57. The fraction of sp³-hybridized carbons (Fsp3) is 0.727. The molecule has 1 heterocycles. The van der Waals surface area contributed by atoms with Gasteiger partial charge in [-0.2, -0.15) is 0 Å². The first kappa shape index (κ1) is 10.3. The molecule has 0 aliphatic heterocycles. The molecule has 4 nitrogen and oxygen atoms in total. The first-order valence-electron chi connectivity index (χ1n) is 5.57. The zero-order valence-electron chi connectivity index (χ0n) is 9.31. The van der Waals surface area contributed by atoms with E-state index in [9.17, 15) is 4.79 Å². The topological polar surface area (TPSA) is 47.8 Å². The third-order valence-electron chi connectivity index (χ3n) is 3.27. The maximum atomic E-state index is 12.1. The molecule has 0 saturated heterocycles. The molecule has 1 aromatic heterocycles. The van der Waals surface area contributed by atoms with Gasteiger partial charge in [0.1, 0.15) is 5.69 Å². The van der Waals surface area contributed by atoms with Crippen molar-refractivity contribution in [2.45, 2.75) is 32.6 Å². The molecular weight excluding hydrogens is 190 g/mol. The number of aromatic nitrogens is 3. The average molecular weight is 207 g/mol. The zero-order chi connectivity index (χ0) is 10.8. The third-order valence-corrected chi connectivity index (χ3v) is 3.27. The summed E-state index contributed by atoms with van der Waals surface area (Å²) < 4.78 is 1.57. The van der Waals surface area contributed by atoms with Gasteiger partial charge < -0.3 is 0 Å². The van der Waals surface area contributed by atoms with Crippen LogP contribution in [0.15, 0.2) is 6.20 Å². The molecule has 0 radical (unpaired) electrons. The number of hydrogen-bond acceptors (Lipinski definition) is 3. The molecule has 15 heavy (non-hydrogen) atoms. The normalized spacial score (nSPS) is 26.5. The summed E-state index contributed by atoms with van der Waals surface area (Å²) in [4.78, 5) is 12.1. The van der Waals surface area contributed by atoms with Gasteiger partial charge in [0.25, 0.3) is 0 Å².